The van der Waals surface area contributed by atoms with Crippen LogP contribution in [-0.4, -0.2) is 39.5 Å². The number of amides is 3. The number of aromatic amines is 1. The van der Waals surface area contributed by atoms with Crippen molar-refractivity contribution in [2.75, 3.05) is 16.8 Å². The number of nitrogens with zero attached hydrogens (tertiary/aromatic N) is 2. The topological polar surface area (TPSA) is 152 Å². The van der Waals surface area contributed by atoms with Crippen LogP contribution in [0.2, 0.25) is 15.1 Å². The van der Waals surface area contributed by atoms with Gasteiger partial charge in [0.25, 0.3) is 11.6 Å². The third-order valence-electron chi connectivity index (χ3n) is 7.01. The third kappa shape index (κ3) is 5.57. The molecule has 224 valence electrons. The van der Waals surface area contributed by atoms with E-state index in [2.05, 4.69) is 10.3 Å². The number of imide groups is 1. The smallest absolute Gasteiger partial charge is 0.305 e. The minimum atomic E-state index is -0.979. The molecular formula is C28H17Cl3N4O7S2. The second-order valence-electron chi connectivity index (χ2n) is 9.68. The van der Waals surface area contributed by atoms with E-state index in [-0.39, 0.29) is 27.0 Å². The molecule has 44 heavy (non-hydrogen) atoms. The summed E-state index contributed by atoms with van der Waals surface area (Å²) >= 11 is 20.3. The molecule has 0 saturated carbocycles. The Kier molecular flexibility index (Phi) is 8.16. The normalized spacial score (nSPS) is 19.0. The van der Waals surface area contributed by atoms with Crippen molar-refractivity contribution in [3.63, 3.8) is 0 Å². The van der Waals surface area contributed by atoms with E-state index in [1.54, 1.807) is 24.3 Å². The first-order valence-electron chi connectivity index (χ1n) is 12.7. The fourth-order valence-corrected chi connectivity index (χ4v) is 8.12. The fraction of sp³-hybridized carbons (Fsp3) is 0.143. The van der Waals surface area contributed by atoms with E-state index >= 15 is 0 Å². The van der Waals surface area contributed by atoms with Crippen LogP contribution in [0.4, 0.5) is 17.1 Å². The molecule has 6 rings (SSSR count). The van der Waals surface area contributed by atoms with Gasteiger partial charge < -0.3 is 15.0 Å². The predicted molar refractivity (Wildman–Crippen MR) is 168 cm³/mol. The summed E-state index contributed by atoms with van der Waals surface area (Å²) in [4.78, 5) is 67.3. The number of carbonyl (C=O) groups is 3. The molecule has 3 aromatic carbocycles. The maximum absolute atomic E-state index is 14.0. The monoisotopic (exact) mass is 690 g/mol. The van der Waals surface area contributed by atoms with Gasteiger partial charge in [-0.2, -0.15) is 0 Å². The highest BCUT2D eigenvalue weighted by molar-refractivity contribution is 8.00. The number of nitrogens with one attached hydrogen (secondary N) is 2. The highest BCUT2D eigenvalue weighted by Crippen LogP contribution is 2.54. The van der Waals surface area contributed by atoms with Crippen molar-refractivity contribution >= 4 is 92.7 Å². The molecule has 0 spiro atoms. The highest BCUT2D eigenvalue weighted by atomic mass is 35.5. The molecular weight excluding hydrogens is 675 g/mol. The number of aromatic nitrogens is 1. The lowest BCUT2D eigenvalue weighted by Gasteiger charge is -2.31. The minimum Gasteiger partial charge on any atom is -0.483 e. The van der Waals surface area contributed by atoms with Gasteiger partial charge in [-0.15, -0.1) is 0 Å². The van der Waals surface area contributed by atoms with Crippen molar-refractivity contribution in [2.45, 2.75) is 16.2 Å². The molecule has 3 atom stereocenters. The number of fused-ring (bicyclic) bond motifs is 2. The number of hydrogen-bond donors (Lipinski definition) is 2. The first kappa shape index (κ1) is 30.2. The summed E-state index contributed by atoms with van der Waals surface area (Å²) in [5.74, 6) is -3.20. The van der Waals surface area contributed by atoms with Crippen LogP contribution in [0.3, 0.4) is 0 Å². The van der Waals surface area contributed by atoms with Crippen molar-refractivity contribution < 1.29 is 24.0 Å². The summed E-state index contributed by atoms with van der Waals surface area (Å²) in [5, 5.41) is 14.2. The van der Waals surface area contributed by atoms with E-state index < -0.39 is 46.3 Å². The Hall–Kier alpha value is -3.88. The van der Waals surface area contributed by atoms with E-state index in [1.165, 1.54) is 36.4 Å². The number of thioether (sulfide) groups is 1. The molecule has 1 aromatic heterocycles. The largest absolute Gasteiger partial charge is 0.483 e. The molecule has 2 aliphatic heterocycles. The number of halogens is 3. The number of carbonyl (C=O) groups excluding carboxylic acids is 3. The number of nitro groups is 1. The Morgan fingerprint density at radius 1 is 1.00 bits per heavy atom. The highest BCUT2D eigenvalue weighted by Gasteiger charge is 2.57. The molecule has 16 heteroatoms. The van der Waals surface area contributed by atoms with Gasteiger partial charge in [-0.25, -0.2) is 4.90 Å². The molecule has 2 aliphatic rings. The minimum absolute atomic E-state index is 0.178. The molecule has 11 nitrogen and oxygen atoms in total. The quantitative estimate of drug-likeness (QED) is 0.134. The van der Waals surface area contributed by atoms with Crippen LogP contribution < -0.4 is 19.8 Å². The van der Waals surface area contributed by atoms with E-state index in [1.807, 2.05) is 0 Å². The van der Waals surface area contributed by atoms with Crippen LogP contribution in [0.25, 0.3) is 0 Å². The Labute approximate surface area is 271 Å². The van der Waals surface area contributed by atoms with Crippen molar-refractivity contribution in [3.8, 4) is 5.75 Å². The number of nitro benzene ring substituents is 1. The summed E-state index contributed by atoms with van der Waals surface area (Å²) in [6, 6.07) is 14.4. The summed E-state index contributed by atoms with van der Waals surface area (Å²) in [6.07, 6.45) is 0. The average molecular weight is 692 g/mol. The summed E-state index contributed by atoms with van der Waals surface area (Å²) in [6.45, 7) is -0.428. The third-order valence-corrected chi connectivity index (χ3v) is 10.4. The van der Waals surface area contributed by atoms with Crippen molar-refractivity contribution in [1.29, 1.82) is 0 Å². The van der Waals surface area contributed by atoms with Crippen molar-refractivity contribution in [1.82, 2.24) is 4.98 Å². The van der Waals surface area contributed by atoms with Crippen LogP contribution in [-0.2, 0) is 14.4 Å². The standard InChI is InChI=1S/C28H17Cl3N4O7S2/c29-12-1-8-19(42-11-20(36)32-13-2-7-17(30)18(31)10-13)16(9-12)21-22-24(43-25-23(21)44-28(39)33-25)27(38)34(26(22)37)14-3-5-15(6-4-14)35(40)41/h1-10,21-22,24H,11H2,(H,32,36)(H,33,39)/t21-,22-,24+/m0/s1. The number of ether oxygens (including phenoxy) is 1. The van der Waals surface area contributed by atoms with Crippen LogP contribution in [0.5, 0.6) is 5.75 Å². The van der Waals surface area contributed by atoms with Gasteiger partial charge in [0.05, 0.1) is 31.6 Å². The van der Waals surface area contributed by atoms with E-state index in [4.69, 9.17) is 39.5 Å². The molecule has 0 unspecified atom stereocenters. The number of H-pyrrole nitrogens is 1. The molecule has 1 saturated heterocycles. The lowest BCUT2D eigenvalue weighted by Crippen LogP contribution is -2.32. The number of anilines is 2. The second kappa shape index (κ2) is 11.9. The van der Waals surface area contributed by atoms with Gasteiger partial charge in [0.1, 0.15) is 11.0 Å². The van der Waals surface area contributed by atoms with Crippen LogP contribution in [0, 0.1) is 16.0 Å². The SMILES string of the molecule is O=C(COc1ccc(Cl)cc1[C@@H]1c2sc(=O)[nH]c2S[C@H]2C(=O)N(c3ccc([N+](=O)[O-])cc3)C(=O)[C@@H]12)Nc1ccc(Cl)c(Cl)c1. The second-order valence-corrected chi connectivity index (χ2v) is 13.1. The molecule has 4 aromatic rings. The van der Waals surface area contributed by atoms with Gasteiger partial charge in [0, 0.05) is 39.2 Å². The zero-order chi connectivity index (χ0) is 31.3. The maximum atomic E-state index is 14.0. The Morgan fingerprint density at radius 3 is 2.45 bits per heavy atom. The lowest BCUT2D eigenvalue weighted by atomic mass is 9.82. The number of hydrogen-bond acceptors (Lipinski definition) is 9. The van der Waals surface area contributed by atoms with Crippen LogP contribution in [0.15, 0.2) is 70.5 Å². The summed E-state index contributed by atoms with van der Waals surface area (Å²) in [5.41, 5.74) is 0.789. The van der Waals surface area contributed by atoms with Gasteiger partial charge in [-0.05, 0) is 48.5 Å². The lowest BCUT2D eigenvalue weighted by molar-refractivity contribution is -0.384. The zero-order valence-corrected chi connectivity index (χ0v) is 25.8. The predicted octanol–water partition coefficient (Wildman–Crippen LogP) is 6.12. The molecule has 0 aliphatic carbocycles. The molecule has 3 heterocycles. The number of thiazole rings is 1. The molecule has 1 fully saturated rings. The zero-order valence-electron chi connectivity index (χ0n) is 21.9. The first-order valence-corrected chi connectivity index (χ1v) is 15.5. The van der Waals surface area contributed by atoms with E-state index in [0.29, 0.717) is 31.2 Å². The molecule has 2 N–H and O–H groups in total. The first-order chi connectivity index (χ1) is 21.0. The van der Waals surface area contributed by atoms with Gasteiger partial charge >= 0.3 is 4.87 Å². The van der Waals surface area contributed by atoms with E-state index in [0.717, 1.165) is 28.0 Å². The van der Waals surface area contributed by atoms with Crippen molar-refractivity contribution in [2.24, 2.45) is 5.92 Å². The van der Waals surface area contributed by atoms with Gasteiger partial charge in [0.15, 0.2) is 6.61 Å². The fourth-order valence-electron chi connectivity index (χ4n) is 5.14. The van der Waals surface area contributed by atoms with Crippen LogP contribution in [0.1, 0.15) is 16.4 Å². The average Bonchev–Trinajstić information content (AvgIpc) is 3.48. The maximum Gasteiger partial charge on any atom is 0.305 e. The number of rotatable bonds is 7. The van der Waals surface area contributed by atoms with Gasteiger partial charge in [-0.3, -0.25) is 29.3 Å². The molecule has 0 radical (unpaired) electrons. The Morgan fingerprint density at radius 2 is 1.75 bits per heavy atom. The van der Waals surface area contributed by atoms with Crippen molar-refractivity contribution in [3.05, 3.63) is 106 Å². The van der Waals surface area contributed by atoms with Gasteiger partial charge in [-0.1, -0.05) is 57.9 Å². The summed E-state index contributed by atoms with van der Waals surface area (Å²) in [7, 11) is 0. The van der Waals surface area contributed by atoms with E-state index in [9.17, 15) is 29.3 Å². The molecule has 3 amide bonds. The Balaban J connectivity index is 1.34. The van der Waals surface area contributed by atoms with Crippen LogP contribution >= 0.6 is 57.9 Å². The van der Waals surface area contributed by atoms with Gasteiger partial charge in [0.2, 0.25) is 11.8 Å². The Bertz CT molecular complexity index is 1910. The number of benzene rings is 3. The summed E-state index contributed by atoms with van der Waals surface area (Å²) < 4.78 is 5.92. The number of non-ortho nitro benzene ring substituents is 1. The molecule has 0 bridgehead atoms.